The predicted molar refractivity (Wildman–Crippen MR) is 139 cm³/mol. The van der Waals surface area contributed by atoms with E-state index in [9.17, 15) is 9.59 Å². The average Bonchev–Trinajstić information content (AvgIpc) is 2.84. The number of unbranched alkanes of at least 4 members (excludes halogenated alkanes) is 1. The molecule has 0 unspecified atom stereocenters. The molecular formula is C29H33ClN2O2. The summed E-state index contributed by atoms with van der Waals surface area (Å²) in [4.78, 5) is 28.8. The molecule has 0 saturated carbocycles. The van der Waals surface area contributed by atoms with E-state index in [1.807, 2.05) is 79.7 Å². The minimum atomic E-state index is -0.629. The number of amides is 2. The van der Waals surface area contributed by atoms with Crippen LogP contribution in [0.5, 0.6) is 0 Å². The standard InChI is InChI=1S/C29H33ClN2O2/c1-3-4-18-31-29(34)27(19-23-10-6-5-7-11-23)32(21-24-16-14-22(2)15-17-24)28(33)20-25-12-8-9-13-26(25)30/h5-17,27H,3-4,18-21H2,1-2H3,(H,31,34)/t27-/m0/s1. The Morgan fingerprint density at radius 2 is 1.59 bits per heavy atom. The van der Waals surface area contributed by atoms with Crippen molar-refractivity contribution < 1.29 is 9.59 Å². The van der Waals surface area contributed by atoms with Crippen molar-refractivity contribution in [2.45, 2.75) is 52.1 Å². The molecule has 0 heterocycles. The first-order chi connectivity index (χ1) is 16.5. The number of hydrogen-bond acceptors (Lipinski definition) is 2. The summed E-state index contributed by atoms with van der Waals surface area (Å²) < 4.78 is 0. The molecular weight excluding hydrogens is 444 g/mol. The molecule has 0 aliphatic heterocycles. The highest BCUT2D eigenvalue weighted by Crippen LogP contribution is 2.20. The van der Waals surface area contributed by atoms with Crippen molar-refractivity contribution >= 4 is 23.4 Å². The smallest absolute Gasteiger partial charge is 0.243 e. The molecule has 0 bridgehead atoms. The van der Waals surface area contributed by atoms with Gasteiger partial charge in [-0.15, -0.1) is 0 Å². The number of aryl methyl sites for hydroxylation is 1. The second kappa shape index (κ2) is 13.0. The minimum absolute atomic E-state index is 0.125. The summed E-state index contributed by atoms with van der Waals surface area (Å²) in [6, 6.07) is 24.7. The van der Waals surface area contributed by atoms with Crippen LogP contribution in [0, 0.1) is 6.92 Å². The summed E-state index contributed by atoms with van der Waals surface area (Å²) in [5.41, 5.74) is 3.90. The molecule has 3 rings (SSSR count). The third kappa shape index (κ3) is 7.46. The third-order valence-corrected chi connectivity index (χ3v) is 6.24. The van der Waals surface area contributed by atoms with Gasteiger partial charge in [0.25, 0.3) is 0 Å². The Kier molecular flexibility index (Phi) is 9.72. The maximum atomic E-state index is 13.7. The fourth-order valence-electron chi connectivity index (χ4n) is 3.86. The number of hydrogen-bond donors (Lipinski definition) is 1. The van der Waals surface area contributed by atoms with Gasteiger partial charge in [0, 0.05) is 24.5 Å². The lowest BCUT2D eigenvalue weighted by molar-refractivity contribution is -0.140. The molecule has 0 aliphatic rings. The number of carbonyl (C=O) groups is 2. The zero-order valence-corrected chi connectivity index (χ0v) is 20.7. The normalized spacial score (nSPS) is 11.6. The summed E-state index contributed by atoms with van der Waals surface area (Å²) in [5.74, 6) is -0.253. The first-order valence-corrected chi connectivity index (χ1v) is 12.3. The third-order valence-electron chi connectivity index (χ3n) is 5.87. The van der Waals surface area contributed by atoms with Crippen LogP contribution < -0.4 is 5.32 Å². The highest BCUT2D eigenvalue weighted by Gasteiger charge is 2.30. The number of carbonyl (C=O) groups excluding carboxylic acids is 2. The van der Waals surface area contributed by atoms with Gasteiger partial charge in [-0.3, -0.25) is 9.59 Å². The SMILES string of the molecule is CCCCNC(=O)[C@H](Cc1ccccc1)N(Cc1ccc(C)cc1)C(=O)Cc1ccccc1Cl. The van der Waals surface area contributed by atoms with E-state index in [0.717, 1.165) is 35.1 Å². The maximum absolute atomic E-state index is 13.7. The molecule has 0 saturated heterocycles. The van der Waals surface area contributed by atoms with E-state index in [4.69, 9.17) is 11.6 Å². The van der Waals surface area contributed by atoms with Gasteiger partial charge >= 0.3 is 0 Å². The van der Waals surface area contributed by atoms with Gasteiger partial charge in [0.15, 0.2) is 0 Å². The Morgan fingerprint density at radius 3 is 2.26 bits per heavy atom. The summed E-state index contributed by atoms with van der Waals surface area (Å²) in [5, 5.41) is 3.60. The lowest BCUT2D eigenvalue weighted by Gasteiger charge is -2.32. The second-order valence-electron chi connectivity index (χ2n) is 8.63. The quantitative estimate of drug-likeness (QED) is 0.358. The van der Waals surface area contributed by atoms with Crippen LogP contribution in [0.25, 0.3) is 0 Å². The summed E-state index contributed by atoms with van der Waals surface area (Å²) >= 11 is 6.36. The Morgan fingerprint density at radius 1 is 0.912 bits per heavy atom. The number of nitrogens with zero attached hydrogens (tertiary/aromatic N) is 1. The number of halogens is 1. The summed E-state index contributed by atoms with van der Waals surface area (Å²) in [7, 11) is 0. The highest BCUT2D eigenvalue weighted by molar-refractivity contribution is 6.31. The molecule has 0 aliphatic carbocycles. The highest BCUT2D eigenvalue weighted by atomic mass is 35.5. The molecule has 3 aromatic rings. The van der Waals surface area contributed by atoms with E-state index in [0.29, 0.717) is 24.5 Å². The fraction of sp³-hybridized carbons (Fsp3) is 0.310. The van der Waals surface area contributed by atoms with Gasteiger partial charge in [0.05, 0.1) is 6.42 Å². The Balaban J connectivity index is 1.94. The van der Waals surface area contributed by atoms with Gasteiger partial charge in [-0.25, -0.2) is 0 Å². The summed E-state index contributed by atoms with van der Waals surface area (Å²) in [6.07, 6.45) is 2.47. The molecule has 4 nitrogen and oxygen atoms in total. The Labute approximate surface area is 207 Å². The van der Waals surface area contributed by atoms with E-state index < -0.39 is 6.04 Å². The van der Waals surface area contributed by atoms with Crippen LogP contribution in [0.4, 0.5) is 0 Å². The van der Waals surface area contributed by atoms with E-state index in [2.05, 4.69) is 12.2 Å². The topological polar surface area (TPSA) is 49.4 Å². The van der Waals surface area contributed by atoms with Crippen LogP contribution in [0.2, 0.25) is 5.02 Å². The second-order valence-corrected chi connectivity index (χ2v) is 9.03. The maximum Gasteiger partial charge on any atom is 0.243 e. The molecule has 2 amide bonds. The monoisotopic (exact) mass is 476 g/mol. The zero-order valence-electron chi connectivity index (χ0n) is 20.0. The van der Waals surface area contributed by atoms with Gasteiger partial charge in [-0.2, -0.15) is 0 Å². The first-order valence-electron chi connectivity index (χ1n) is 11.9. The van der Waals surface area contributed by atoms with Crippen LogP contribution in [0.1, 0.15) is 42.0 Å². The Hall–Kier alpha value is -3.11. The van der Waals surface area contributed by atoms with Crippen LogP contribution in [-0.2, 0) is 29.0 Å². The van der Waals surface area contributed by atoms with Crippen LogP contribution in [0.15, 0.2) is 78.9 Å². The molecule has 5 heteroatoms. The number of nitrogens with one attached hydrogen (secondary N) is 1. The van der Waals surface area contributed by atoms with Gasteiger partial charge in [0.1, 0.15) is 6.04 Å². The van der Waals surface area contributed by atoms with Crippen molar-refractivity contribution in [2.24, 2.45) is 0 Å². The predicted octanol–water partition coefficient (Wildman–Crippen LogP) is 5.75. The van der Waals surface area contributed by atoms with Crippen LogP contribution >= 0.6 is 11.6 Å². The van der Waals surface area contributed by atoms with E-state index in [-0.39, 0.29) is 18.2 Å². The van der Waals surface area contributed by atoms with Crippen molar-refractivity contribution in [1.29, 1.82) is 0 Å². The number of rotatable bonds is 11. The molecule has 0 radical (unpaired) electrons. The van der Waals surface area contributed by atoms with Crippen molar-refractivity contribution in [3.63, 3.8) is 0 Å². The molecule has 0 spiro atoms. The van der Waals surface area contributed by atoms with Gasteiger partial charge in [-0.05, 0) is 36.1 Å². The van der Waals surface area contributed by atoms with Gasteiger partial charge in [-0.1, -0.05) is 103 Å². The van der Waals surface area contributed by atoms with Crippen LogP contribution in [0.3, 0.4) is 0 Å². The molecule has 0 fully saturated rings. The van der Waals surface area contributed by atoms with E-state index >= 15 is 0 Å². The molecule has 1 N–H and O–H groups in total. The van der Waals surface area contributed by atoms with Crippen molar-refractivity contribution in [3.8, 4) is 0 Å². The van der Waals surface area contributed by atoms with E-state index in [1.165, 1.54) is 0 Å². The van der Waals surface area contributed by atoms with Gasteiger partial charge in [0.2, 0.25) is 11.8 Å². The summed E-state index contributed by atoms with van der Waals surface area (Å²) in [6.45, 7) is 5.06. The molecule has 0 aromatic heterocycles. The van der Waals surface area contributed by atoms with Gasteiger partial charge < -0.3 is 10.2 Å². The van der Waals surface area contributed by atoms with E-state index in [1.54, 1.807) is 11.0 Å². The number of benzene rings is 3. The molecule has 1 atom stereocenters. The van der Waals surface area contributed by atoms with Crippen molar-refractivity contribution in [3.05, 3.63) is 106 Å². The average molecular weight is 477 g/mol. The lowest BCUT2D eigenvalue weighted by atomic mass is 10.0. The molecule has 34 heavy (non-hydrogen) atoms. The minimum Gasteiger partial charge on any atom is -0.354 e. The van der Waals surface area contributed by atoms with Crippen LogP contribution in [-0.4, -0.2) is 29.3 Å². The lowest BCUT2D eigenvalue weighted by Crippen LogP contribution is -2.51. The first kappa shape index (κ1) is 25.5. The fourth-order valence-corrected chi connectivity index (χ4v) is 4.06. The largest absolute Gasteiger partial charge is 0.354 e. The Bertz CT molecular complexity index is 1070. The molecule has 3 aromatic carbocycles. The zero-order chi connectivity index (χ0) is 24.3. The van der Waals surface area contributed by atoms with Crippen molar-refractivity contribution in [1.82, 2.24) is 10.2 Å². The molecule has 178 valence electrons. The van der Waals surface area contributed by atoms with Crippen molar-refractivity contribution in [2.75, 3.05) is 6.54 Å².